The number of benzene rings is 10. The van der Waals surface area contributed by atoms with Gasteiger partial charge in [0, 0.05) is 65.5 Å². The Hall–Kier alpha value is -9.52. The molecule has 0 atom stereocenters. The van der Waals surface area contributed by atoms with Gasteiger partial charge in [0.15, 0.2) is 5.82 Å². The van der Waals surface area contributed by atoms with Crippen molar-refractivity contribution in [2.45, 2.75) is 0 Å². The van der Waals surface area contributed by atoms with Crippen molar-refractivity contribution in [2.24, 2.45) is 0 Å². The Bertz CT molecular complexity index is 4460. The zero-order chi connectivity index (χ0) is 45.9. The van der Waals surface area contributed by atoms with Gasteiger partial charge in [0.25, 0.3) is 0 Å². The van der Waals surface area contributed by atoms with Gasteiger partial charge < -0.3 is 18.0 Å². The highest BCUT2D eigenvalue weighted by atomic mass is 16.3. The molecule has 0 unspecified atom stereocenters. The minimum absolute atomic E-state index is 0.635. The summed E-state index contributed by atoms with van der Waals surface area (Å²) in [5.41, 5.74) is 16.6. The number of hydrogen-bond donors (Lipinski definition) is 0. The molecular weight excluding hydrogens is 857 g/mol. The predicted molar refractivity (Wildman–Crippen MR) is 287 cm³/mol. The lowest BCUT2D eigenvalue weighted by molar-refractivity contribution is 0.668. The Morgan fingerprint density at radius 2 is 0.671 bits per heavy atom. The van der Waals surface area contributed by atoms with Crippen LogP contribution in [0.5, 0.6) is 0 Å². The maximum Gasteiger partial charge on any atom is 0.160 e. The summed E-state index contributed by atoms with van der Waals surface area (Å²) in [5, 5.41) is 8.89. The molecule has 0 saturated heterocycles. The van der Waals surface area contributed by atoms with Crippen LogP contribution >= 0.6 is 0 Å². The zero-order valence-electron chi connectivity index (χ0n) is 37.5. The van der Waals surface area contributed by atoms with E-state index in [9.17, 15) is 0 Å². The van der Waals surface area contributed by atoms with Gasteiger partial charge in [-0.1, -0.05) is 133 Å². The highest BCUT2D eigenvalue weighted by molar-refractivity contribution is 6.14. The third-order valence-corrected chi connectivity index (χ3v) is 14.1. The molecule has 5 heterocycles. The van der Waals surface area contributed by atoms with Crippen LogP contribution in [0.3, 0.4) is 0 Å². The average Bonchev–Trinajstić information content (AvgIpc) is 4.18. The lowest BCUT2D eigenvalue weighted by Crippen LogP contribution is -2.06. The van der Waals surface area contributed by atoms with Crippen LogP contribution in [0.15, 0.2) is 239 Å². The molecule has 0 bridgehead atoms. The molecule has 0 spiro atoms. The molecule has 6 heteroatoms. The highest BCUT2D eigenvalue weighted by Gasteiger charge is 2.26. The van der Waals surface area contributed by atoms with Crippen molar-refractivity contribution >= 4 is 87.5 Å². The molecule has 70 heavy (non-hydrogen) atoms. The van der Waals surface area contributed by atoms with Crippen LogP contribution in [0.1, 0.15) is 0 Å². The Morgan fingerprint density at radius 3 is 1.23 bits per heavy atom. The molecule has 0 amide bonds. The first-order valence-electron chi connectivity index (χ1n) is 23.6. The fourth-order valence-corrected chi connectivity index (χ4v) is 10.9. The van der Waals surface area contributed by atoms with Gasteiger partial charge in [-0.3, -0.25) is 0 Å². The topological polar surface area (TPSA) is 61.9 Å². The second-order valence-electron chi connectivity index (χ2n) is 18.1. The second-order valence-corrected chi connectivity index (χ2v) is 18.1. The Balaban J connectivity index is 1.01. The smallest absolute Gasteiger partial charge is 0.160 e. The number of nitrogens with zero attached hydrogens (tertiary/aromatic N) is 4. The zero-order valence-corrected chi connectivity index (χ0v) is 37.5. The van der Waals surface area contributed by atoms with E-state index in [0.717, 1.165) is 116 Å². The Labute approximate surface area is 400 Å². The van der Waals surface area contributed by atoms with Crippen LogP contribution in [0, 0.1) is 0 Å². The summed E-state index contributed by atoms with van der Waals surface area (Å²) in [5.74, 6) is 0.635. The van der Waals surface area contributed by atoms with Gasteiger partial charge in [-0.05, 0) is 108 Å². The molecule has 326 valence electrons. The van der Waals surface area contributed by atoms with Crippen LogP contribution < -0.4 is 0 Å². The number of para-hydroxylation sites is 5. The van der Waals surface area contributed by atoms with Gasteiger partial charge in [0.2, 0.25) is 0 Å². The van der Waals surface area contributed by atoms with Gasteiger partial charge in [0.1, 0.15) is 22.3 Å². The van der Waals surface area contributed by atoms with Crippen LogP contribution in [-0.4, -0.2) is 19.1 Å². The molecule has 10 aromatic carbocycles. The maximum absolute atomic E-state index is 6.38. The van der Waals surface area contributed by atoms with Crippen LogP contribution in [0.2, 0.25) is 0 Å². The fourth-order valence-electron chi connectivity index (χ4n) is 10.9. The first kappa shape index (κ1) is 38.6. The molecule has 5 aromatic heterocycles. The van der Waals surface area contributed by atoms with Crippen molar-refractivity contribution in [1.82, 2.24) is 19.1 Å². The average molecular weight is 895 g/mol. The maximum atomic E-state index is 6.38. The second kappa shape index (κ2) is 15.0. The first-order chi connectivity index (χ1) is 34.7. The van der Waals surface area contributed by atoms with Crippen molar-refractivity contribution in [1.29, 1.82) is 0 Å². The Kier molecular flexibility index (Phi) is 8.26. The number of rotatable bonds is 6. The number of fused-ring (bicyclic) bond motifs is 12. The molecular formula is C64H38N4O2. The van der Waals surface area contributed by atoms with Crippen molar-refractivity contribution < 1.29 is 8.83 Å². The highest BCUT2D eigenvalue weighted by Crippen LogP contribution is 2.45. The van der Waals surface area contributed by atoms with E-state index < -0.39 is 0 Å². The monoisotopic (exact) mass is 894 g/mol. The van der Waals surface area contributed by atoms with E-state index in [2.05, 4.69) is 197 Å². The SMILES string of the molecule is c1ccc(-c2nc(-c3ccc4oc5ccccc5c4c3)c(-n3c4ccccc4c4cc(-c5ccc6c(c5)c5ccccc5n6-c5ccccc5)ccc43)c(-c3ccc4oc5ccccc5c4c3)n2)cc1. The molecule has 0 saturated carbocycles. The van der Waals surface area contributed by atoms with E-state index in [4.69, 9.17) is 18.8 Å². The lowest BCUT2D eigenvalue weighted by atomic mass is 9.99. The quantitative estimate of drug-likeness (QED) is 0.167. The number of aromatic nitrogens is 4. The molecule has 0 aliphatic heterocycles. The fraction of sp³-hybridized carbons (Fsp3) is 0. The molecule has 15 rings (SSSR count). The normalized spacial score (nSPS) is 12.0. The van der Waals surface area contributed by atoms with Gasteiger partial charge >= 0.3 is 0 Å². The summed E-state index contributed by atoms with van der Waals surface area (Å²) >= 11 is 0. The minimum atomic E-state index is 0.635. The number of furan rings is 2. The summed E-state index contributed by atoms with van der Waals surface area (Å²) in [6, 6.07) is 81.5. The Morgan fingerprint density at radius 1 is 0.271 bits per heavy atom. The molecule has 6 nitrogen and oxygen atoms in total. The minimum Gasteiger partial charge on any atom is -0.456 e. The molecule has 0 radical (unpaired) electrons. The summed E-state index contributed by atoms with van der Waals surface area (Å²) in [6.45, 7) is 0. The third-order valence-electron chi connectivity index (χ3n) is 14.1. The van der Waals surface area contributed by atoms with Gasteiger partial charge in [-0.2, -0.15) is 0 Å². The summed E-state index contributed by atoms with van der Waals surface area (Å²) in [6.07, 6.45) is 0. The predicted octanol–water partition coefficient (Wildman–Crippen LogP) is 17.1. The molecule has 15 aromatic rings. The van der Waals surface area contributed by atoms with E-state index in [1.807, 2.05) is 42.5 Å². The van der Waals surface area contributed by atoms with Crippen molar-refractivity contribution in [3.8, 4) is 56.4 Å². The first-order valence-corrected chi connectivity index (χ1v) is 23.6. The lowest BCUT2D eigenvalue weighted by Gasteiger charge is -2.19. The van der Waals surface area contributed by atoms with E-state index in [0.29, 0.717) is 5.82 Å². The standard InChI is InChI=1S/C64H38N4O2/c1-3-15-39(16-4-1)64-65-61(42-29-33-59-51(37-42)47-21-9-13-25-57(47)69-59)63(62(66-64)43-30-34-60-52(38-43)48-22-10-14-26-58(48)70-60)68-54-24-12-8-20-46(54)50-36-41(28-32-56(50)68)40-27-31-55-49(35-40)45-19-7-11-23-53(45)67(55)44-17-5-2-6-18-44/h1-38H. The molecule has 0 aliphatic carbocycles. The van der Waals surface area contributed by atoms with Gasteiger partial charge in [-0.25, -0.2) is 9.97 Å². The summed E-state index contributed by atoms with van der Waals surface area (Å²) < 4.78 is 17.5. The van der Waals surface area contributed by atoms with Crippen LogP contribution in [0.4, 0.5) is 0 Å². The third kappa shape index (κ3) is 5.80. The molecule has 0 N–H and O–H groups in total. The molecule has 0 fully saturated rings. The van der Waals surface area contributed by atoms with E-state index in [-0.39, 0.29) is 0 Å². The van der Waals surface area contributed by atoms with Gasteiger partial charge in [-0.15, -0.1) is 0 Å². The molecule has 0 aliphatic rings. The van der Waals surface area contributed by atoms with Crippen molar-refractivity contribution in [3.05, 3.63) is 231 Å². The summed E-state index contributed by atoms with van der Waals surface area (Å²) in [7, 11) is 0. The largest absolute Gasteiger partial charge is 0.456 e. The van der Waals surface area contributed by atoms with Crippen LogP contribution in [-0.2, 0) is 0 Å². The van der Waals surface area contributed by atoms with Crippen LogP contribution in [0.25, 0.3) is 144 Å². The summed E-state index contributed by atoms with van der Waals surface area (Å²) in [4.78, 5) is 11.2. The van der Waals surface area contributed by atoms with E-state index in [1.165, 1.54) is 21.8 Å². The van der Waals surface area contributed by atoms with E-state index in [1.54, 1.807) is 0 Å². The van der Waals surface area contributed by atoms with E-state index >= 15 is 0 Å². The van der Waals surface area contributed by atoms with Gasteiger partial charge in [0.05, 0.1) is 39.1 Å². The van der Waals surface area contributed by atoms with Crippen molar-refractivity contribution in [2.75, 3.05) is 0 Å². The van der Waals surface area contributed by atoms with Crippen molar-refractivity contribution in [3.63, 3.8) is 0 Å². The number of hydrogen-bond acceptors (Lipinski definition) is 4.